The lowest BCUT2D eigenvalue weighted by Crippen LogP contribution is -2.61. The van der Waals surface area contributed by atoms with Crippen molar-refractivity contribution >= 4 is 23.8 Å². The van der Waals surface area contributed by atoms with Crippen LogP contribution in [0, 0.1) is 0 Å². The summed E-state index contributed by atoms with van der Waals surface area (Å²) in [5.41, 5.74) is 0. The van der Waals surface area contributed by atoms with Gasteiger partial charge in [0.1, 0.15) is 6.04 Å². The Morgan fingerprint density at radius 1 is 0.844 bits per heavy atom. The molecule has 0 radical (unpaired) electrons. The van der Waals surface area contributed by atoms with Gasteiger partial charge in [0, 0.05) is 33.0 Å². The van der Waals surface area contributed by atoms with Crippen LogP contribution in [0.4, 0.5) is 4.79 Å². The molecule has 0 bridgehead atoms. The molecule has 32 heavy (non-hydrogen) atoms. The minimum atomic E-state index is -0.758. The molecule has 0 aromatic carbocycles. The molecule has 1 fully saturated rings. The number of unbranched alkanes of at least 4 members (excludes halogenated alkanes) is 12. The number of hydrogen-bond acceptors (Lipinski definition) is 4. The third-order valence-corrected chi connectivity index (χ3v) is 5.91. The first-order valence-corrected chi connectivity index (χ1v) is 12.6. The van der Waals surface area contributed by atoms with Crippen molar-refractivity contribution in [2.75, 3.05) is 20.1 Å². The van der Waals surface area contributed by atoms with Gasteiger partial charge in [-0.05, 0) is 6.42 Å². The van der Waals surface area contributed by atoms with E-state index in [1.54, 1.807) is 0 Å². The summed E-state index contributed by atoms with van der Waals surface area (Å²) in [6.45, 7) is 2.58. The van der Waals surface area contributed by atoms with Gasteiger partial charge in [-0.25, -0.2) is 4.79 Å². The Labute approximate surface area is 193 Å². The largest absolute Gasteiger partial charge is 0.356 e. The standard InChI is InChI=1S/C24H44N4O4/c1-3-4-5-6-7-8-9-10-11-12-13-14-15-16-21(29)25-18-17-22(30)27-20-19-26-24(32)28(2)23(20)31/h20H,3-19H2,1-2H3,(H,25,29)(H,26,32)(H,27,30)/t20-/m1/s1. The van der Waals surface area contributed by atoms with Crippen LogP contribution in [0.15, 0.2) is 0 Å². The molecule has 0 unspecified atom stereocenters. The average Bonchev–Trinajstić information content (AvgIpc) is 2.77. The van der Waals surface area contributed by atoms with Crippen molar-refractivity contribution in [2.45, 2.75) is 109 Å². The third kappa shape index (κ3) is 12.7. The number of amides is 5. The molecule has 1 rings (SSSR count). The Hall–Kier alpha value is -2.12. The fraction of sp³-hybridized carbons (Fsp3) is 0.833. The monoisotopic (exact) mass is 452 g/mol. The number of nitrogens with zero attached hydrogens (tertiary/aromatic N) is 1. The molecule has 0 aromatic rings. The zero-order valence-electron chi connectivity index (χ0n) is 20.2. The van der Waals surface area contributed by atoms with Crippen LogP contribution < -0.4 is 16.0 Å². The van der Waals surface area contributed by atoms with Crippen molar-refractivity contribution in [1.29, 1.82) is 0 Å². The maximum absolute atomic E-state index is 12.0. The molecule has 184 valence electrons. The lowest BCUT2D eigenvalue weighted by molar-refractivity contribution is -0.134. The summed E-state index contributed by atoms with van der Waals surface area (Å²) in [4.78, 5) is 48.1. The average molecular weight is 453 g/mol. The first-order chi connectivity index (χ1) is 15.5. The van der Waals surface area contributed by atoms with E-state index in [0.717, 1.165) is 17.7 Å². The highest BCUT2D eigenvalue weighted by Gasteiger charge is 2.32. The fourth-order valence-corrected chi connectivity index (χ4v) is 3.82. The molecular formula is C24H44N4O4. The molecule has 1 aliphatic heterocycles. The molecule has 0 saturated carbocycles. The lowest BCUT2D eigenvalue weighted by Gasteiger charge is -2.29. The second-order valence-corrected chi connectivity index (χ2v) is 8.80. The number of carbonyl (C=O) groups is 4. The van der Waals surface area contributed by atoms with Crippen molar-refractivity contribution < 1.29 is 19.2 Å². The highest BCUT2D eigenvalue weighted by atomic mass is 16.2. The molecule has 0 spiro atoms. The summed E-state index contributed by atoms with van der Waals surface area (Å²) in [6.07, 6.45) is 17.1. The number of imide groups is 1. The van der Waals surface area contributed by atoms with Crippen LogP contribution in [0.5, 0.6) is 0 Å². The van der Waals surface area contributed by atoms with E-state index in [1.807, 2.05) is 0 Å². The SMILES string of the molecule is CCCCCCCCCCCCCCCC(=O)NCCC(=O)N[C@@H]1CNC(=O)N(C)C1=O. The van der Waals surface area contributed by atoms with E-state index >= 15 is 0 Å². The van der Waals surface area contributed by atoms with Crippen LogP contribution in [0.25, 0.3) is 0 Å². The van der Waals surface area contributed by atoms with E-state index in [-0.39, 0.29) is 31.3 Å². The molecule has 5 amide bonds. The van der Waals surface area contributed by atoms with Gasteiger partial charge in [-0.1, -0.05) is 84.0 Å². The van der Waals surface area contributed by atoms with E-state index in [0.29, 0.717) is 6.42 Å². The van der Waals surface area contributed by atoms with Crippen molar-refractivity contribution in [2.24, 2.45) is 0 Å². The van der Waals surface area contributed by atoms with Gasteiger partial charge in [0.2, 0.25) is 11.8 Å². The number of urea groups is 1. The van der Waals surface area contributed by atoms with E-state index in [2.05, 4.69) is 22.9 Å². The maximum Gasteiger partial charge on any atom is 0.323 e. The topological polar surface area (TPSA) is 108 Å². The lowest BCUT2D eigenvalue weighted by atomic mass is 10.0. The van der Waals surface area contributed by atoms with Crippen molar-refractivity contribution in [1.82, 2.24) is 20.9 Å². The Bertz CT molecular complexity index is 582. The van der Waals surface area contributed by atoms with Crippen molar-refractivity contribution in [3.8, 4) is 0 Å². The quantitative estimate of drug-likeness (QED) is 0.276. The smallest absolute Gasteiger partial charge is 0.323 e. The van der Waals surface area contributed by atoms with Gasteiger partial charge >= 0.3 is 6.03 Å². The Morgan fingerprint density at radius 3 is 1.94 bits per heavy atom. The Balaban J connectivity index is 1.92. The third-order valence-electron chi connectivity index (χ3n) is 5.91. The van der Waals surface area contributed by atoms with Gasteiger partial charge in [0.25, 0.3) is 5.91 Å². The zero-order chi connectivity index (χ0) is 23.6. The minimum Gasteiger partial charge on any atom is -0.356 e. The summed E-state index contributed by atoms with van der Waals surface area (Å²) < 4.78 is 0. The van der Waals surface area contributed by atoms with Crippen molar-refractivity contribution in [3.05, 3.63) is 0 Å². The van der Waals surface area contributed by atoms with E-state index in [1.165, 1.54) is 77.7 Å². The molecule has 8 nitrogen and oxygen atoms in total. The van der Waals surface area contributed by atoms with Gasteiger partial charge in [-0.3, -0.25) is 19.3 Å². The van der Waals surface area contributed by atoms with Crippen molar-refractivity contribution in [3.63, 3.8) is 0 Å². The minimum absolute atomic E-state index is 0.0402. The Morgan fingerprint density at radius 2 is 1.38 bits per heavy atom. The van der Waals surface area contributed by atoms with Gasteiger partial charge in [0.15, 0.2) is 0 Å². The first-order valence-electron chi connectivity index (χ1n) is 12.6. The van der Waals surface area contributed by atoms with Crippen LogP contribution in [0.1, 0.15) is 103 Å². The molecule has 1 saturated heterocycles. The molecule has 1 atom stereocenters. The highest BCUT2D eigenvalue weighted by Crippen LogP contribution is 2.12. The van der Waals surface area contributed by atoms with Crippen LogP contribution in [0.2, 0.25) is 0 Å². The van der Waals surface area contributed by atoms with Crippen LogP contribution >= 0.6 is 0 Å². The number of likely N-dealkylation sites (N-methyl/N-ethyl adjacent to an activating group) is 1. The molecule has 8 heteroatoms. The number of carbonyl (C=O) groups excluding carboxylic acids is 4. The molecule has 3 N–H and O–H groups in total. The number of hydrogen-bond donors (Lipinski definition) is 3. The predicted molar refractivity (Wildman–Crippen MR) is 126 cm³/mol. The highest BCUT2D eigenvalue weighted by molar-refractivity contribution is 6.01. The van der Waals surface area contributed by atoms with Crippen LogP contribution in [-0.4, -0.2) is 54.8 Å². The van der Waals surface area contributed by atoms with Crippen LogP contribution in [-0.2, 0) is 14.4 Å². The summed E-state index contributed by atoms with van der Waals surface area (Å²) in [7, 11) is 1.37. The second kappa shape index (κ2) is 17.4. The first kappa shape index (κ1) is 27.9. The van der Waals surface area contributed by atoms with E-state index < -0.39 is 18.0 Å². The van der Waals surface area contributed by atoms with Crippen LogP contribution in [0.3, 0.4) is 0 Å². The molecular weight excluding hydrogens is 408 g/mol. The molecule has 0 aliphatic carbocycles. The fourth-order valence-electron chi connectivity index (χ4n) is 3.82. The van der Waals surface area contributed by atoms with Gasteiger partial charge in [-0.2, -0.15) is 0 Å². The molecule has 1 aliphatic rings. The van der Waals surface area contributed by atoms with Gasteiger partial charge in [-0.15, -0.1) is 0 Å². The summed E-state index contributed by atoms with van der Waals surface area (Å²) in [5, 5.41) is 7.88. The Kier molecular flexibility index (Phi) is 15.2. The molecule has 1 heterocycles. The normalized spacial score (nSPS) is 16.1. The van der Waals surface area contributed by atoms with Gasteiger partial charge < -0.3 is 16.0 Å². The second-order valence-electron chi connectivity index (χ2n) is 8.80. The molecule has 0 aromatic heterocycles. The summed E-state index contributed by atoms with van der Waals surface area (Å²) in [5.74, 6) is -0.802. The van der Waals surface area contributed by atoms with E-state index in [9.17, 15) is 19.2 Å². The van der Waals surface area contributed by atoms with E-state index in [4.69, 9.17) is 0 Å². The predicted octanol–water partition coefficient (Wildman–Crippen LogP) is 3.64. The summed E-state index contributed by atoms with van der Waals surface area (Å²) >= 11 is 0. The maximum atomic E-state index is 12.0. The number of nitrogens with one attached hydrogen (secondary N) is 3. The van der Waals surface area contributed by atoms with Gasteiger partial charge in [0.05, 0.1) is 0 Å². The number of rotatable bonds is 18. The zero-order valence-corrected chi connectivity index (χ0v) is 20.2. The summed E-state index contributed by atoms with van der Waals surface area (Å²) in [6, 6.07) is -1.23.